The van der Waals surface area contributed by atoms with Gasteiger partial charge >= 0.3 is 5.69 Å². The highest BCUT2D eigenvalue weighted by atomic mass is 16.1. The van der Waals surface area contributed by atoms with E-state index < -0.39 is 0 Å². The van der Waals surface area contributed by atoms with Gasteiger partial charge in [-0.25, -0.2) is 9.78 Å². The summed E-state index contributed by atoms with van der Waals surface area (Å²) in [6, 6.07) is 19.4. The number of aromatic nitrogens is 3. The van der Waals surface area contributed by atoms with Crippen molar-refractivity contribution in [2.75, 3.05) is 0 Å². The van der Waals surface area contributed by atoms with Crippen molar-refractivity contribution in [2.45, 2.75) is 6.42 Å². The number of aromatic amines is 1. The second-order valence-corrected chi connectivity index (χ2v) is 4.45. The molecule has 0 unspecified atom stereocenters. The van der Waals surface area contributed by atoms with Gasteiger partial charge in [-0.15, -0.1) is 0 Å². The van der Waals surface area contributed by atoms with Crippen molar-refractivity contribution >= 4 is 0 Å². The Labute approximate surface area is 116 Å². The highest BCUT2D eigenvalue weighted by Crippen LogP contribution is 2.13. The van der Waals surface area contributed by atoms with Gasteiger partial charge in [0.1, 0.15) is 5.82 Å². The molecule has 0 aliphatic carbocycles. The van der Waals surface area contributed by atoms with E-state index in [1.165, 1.54) is 0 Å². The minimum absolute atomic E-state index is 0.371. The summed E-state index contributed by atoms with van der Waals surface area (Å²) >= 11 is 0. The van der Waals surface area contributed by atoms with Gasteiger partial charge in [0.25, 0.3) is 0 Å². The van der Waals surface area contributed by atoms with Crippen molar-refractivity contribution in [3.05, 3.63) is 82.5 Å². The molecule has 0 aliphatic rings. The fraction of sp³-hybridized carbons (Fsp3) is 0.0625. The van der Waals surface area contributed by atoms with Gasteiger partial charge in [0.05, 0.1) is 0 Å². The summed E-state index contributed by atoms with van der Waals surface area (Å²) in [6.07, 6.45) is 0.582. The largest absolute Gasteiger partial charge is 0.348 e. The van der Waals surface area contributed by atoms with Crippen LogP contribution in [0.15, 0.2) is 65.5 Å². The van der Waals surface area contributed by atoms with Gasteiger partial charge in [-0.3, -0.25) is 4.98 Å². The summed E-state index contributed by atoms with van der Waals surface area (Å²) in [7, 11) is 0. The Balaban J connectivity index is 1.97. The van der Waals surface area contributed by atoms with E-state index in [0.29, 0.717) is 18.1 Å². The number of benzene rings is 2. The molecular weight excluding hydrogens is 250 g/mol. The molecule has 3 aromatic rings. The summed E-state index contributed by atoms with van der Waals surface area (Å²) in [4.78, 5) is 22.7. The molecular formula is C16H13N3O. The van der Waals surface area contributed by atoms with Crippen LogP contribution in [0.2, 0.25) is 0 Å². The monoisotopic (exact) mass is 263 g/mol. The molecule has 4 nitrogen and oxygen atoms in total. The van der Waals surface area contributed by atoms with Crippen LogP contribution in [0.25, 0.3) is 11.4 Å². The molecule has 98 valence electrons. The van der Waals surface area contributed by atoms with Crippen LogP contribution in [0, 0.1) is 0 Å². The molecule has 0 aliphatic heterocycles. The third kappa shape index (κ3) is 2.80. The molecule has 0 atom stereocenters. The third-order valence-electron chi connectivity index (χ3n) is 2.95. The molecule has 1 aromatic heterocycles. The highest BCUT2D eigenvalue weighted by Gasteiger charge is 2.05. The number of H-pyrrole nitrogens is 1. The Morgan fingerprint density at radius 2 is 1.50 bits per heavy atom. The Bertz CT molecular complexity index is 751. The maximum atomic E-state index is 11.7. The number of hydrogen-bond acceptors (Lipinski definition) is 3. The molecule has 0 saturated heterocycles. The Kier molecular flexibility index (Phi) is 3.37. The van der Waals surface area contributed by atoms with E-state index in [2.05, 4.69) is 15.0 Å². The molecule has 0 spiro atoms. The van der Waals surface area contributed by atoms with Gasteiger partial charge in [-0.1, -0.05) is 60.7 Å². The predicted octanol–water partition coefficient (Wildman–Crippen LogP) is 2.42. The molecule has 20 heavy (non-hydrogen) atoms. The van der Waals surface area contributed by atoms with E-state index in [1.807, 2.05) is 60.7 Å². The number of hydrogen-bond donors (Lipinski definition) is 1. The van der Waals surface area contributed by atoms with Crippen LogP contribution in [0.4, 0.5) is 0 Å². The van der Waals surface area contributed by atoms with E-state index in [1.54, 1.807) is 0 Å². The number of rotatable bonds is 3. The first-order valence-electron chi connectivity index (χ1n) is 6.38. The van der Waals surface area contributed by atoms with Crippen LogP contribution in [0.1, 0.15) is 11.4 Å². The van der Waals surface area contributed by atoms with E-state index in [9.17, 15) is 4.79 Å². The fourth-order valence-electron chi connectivity index (χ4n) is 2.02. The quantitative estimate of drug-likeness (QED) is 0.789. The van der Waals surface area contributed by atoms with Gasteiger partial charge in [0.2, 0.25) is 0 Å². The van der Waals surface area contributed by atoms with Crippen molar-refractivity contribution < 1.29 is 0 Å². The van der Waals surface area contributed by atoms with E-state index in [0.717, 1.165) is 11.1 Å². The Morgan fingerprint density at radius 3 is 2.20 bits per heavy atom. The van der Waals surface area contributed by atoms with Crippen LogP contribution in [-0.4, -0.2) is 15.0 Å². The van der Waals surface area contributed by atoms with Crippen molar-refractivity contribution in [2.24, 2.45) is 0 Å². The van der Waals surface area contributed by atoms with Crippen LogP contribution in [0.3, 0.4) is 0 Å². The molecule has 0 bridgehead atoms. The molecule has 0 amide bonds. The first-order chi connectivity index (χ1) is 9.81. The van der Waals surface area contributed by atoms with Crippen LogP contribution < -0.4 is 5.69 Å². The lowest BCUT2D eigenvalue weighted by Crippen LogP contribution is -2.16. The van der Waals surface area contributed by atoms with Crippen molar-refractivity contribution in [1.29, 1.82) is 0 Å². The van der Waals surface area contributed by atoms with Crippen molar-refractivity contribution in [3.8, 4) is 11.4 Å². The van der Waals surface area contributed by atoms with Crippen LogP contribution in [0.5, 0.6) is 0 Å². The lowest BCUT2D eigenvalue weighted by atomic mass is 10.1. The van der Waals surface area contributed by atoms with E-state index >= 15 is 0 Å². The second kappa shape index (κ2) is 5.48. The maximum Gasteiger partial charge on any atom is 0.348 e. The number of nitrogens with one attached hydrogen (secondary N) is 1. The molecule has 1 heterocycles. The van der Waals surface area contributed by atoms with Gasteiger partial charge in [0.15, 0.2) is 5.82 Å². The van der Waals surface area contributed by atoms with E-state index in [4.69, 9.17) is 0 Å². The van der Waals surface area contributed by atoms with Crippen molar-refractivity contribution in [1.82, 2.24) is 15.0 Å². The molecule has 2 aromatic carbocycles. The minimum atomic E-state index is -0.371. The van der Waals surface area contributed by atoms with Crippen molar-refractivity contribution in [3.63, 3.8) is 0 Å². The Morgan fingerprint density at radius 1 is 0.850 bits per heavy atom. The maximum absolute atomic E-state index is 11.7. The summed E-state index contributed by atoms with van der Waals surface area (Å²) in [5, 5.41) is 0. The first kappa shape index (κ1) is 12.3. The topological polar surface area (TPSA) is 58.6 Å². The molecule has 3 rings (SSSR count). The first-order valence-corrected chi connectivity index (χ1v) is 6.38. The van der Waals surface area contributed by atoms with Gasteiger partial charge in [0, 0.05) is 12.0 Å². The predicted molar refractivity (Wildman–Crippen MR) is 77.3 cm³/mol. The Hall–Kier alpha value is -2.75. The smallest absolute Gasteiger partial charge is 0.294 e. The molecule has 0 saturated carbocycles. The van der Waals surface area contributed by atoms with Gasteiger partial charge < -0.3 is 0 Å². The number of nitrogens with zero attached hydrogens (tertiary/aromatic N) is 2. The second-order valence-electron chi connectivity index (χ2n) is 4.45. The zero-order chi connectivity index (χ0) is 13.8. The minimum Gasteiger partial charge on any atom is -0.294 e. The lowest BCUT2D eigenvalue weighted by Gasteiger charge is -2.03. The molecule has 0 radical (unpaired) electrons. The third-order valence-corrected chi connectivity index (χ3v) is 2.95. The summed E-state index contributed by atoms with van der Waals surface area (Å²) < 4.78 is 0. The summed E-state index contributed by atoms with van der Waals surface area (Å²) in [6.45, 7) is 0. The highest BCUT2D eigenvalue weighted by molar-refractivity contribution is 5.53. The normalized spacial score (nSPS) is 10.4. The molecule has 4 heteroatoms. The average Bonchev–Trinajstić information content (AvgIpc) is 2.49. The zero-order valence-electron chi connectivity index (χ0n) is 10.8. The van der Waals surface area contributed by atoms with Gasteiger partial charge in [-0.2, -0.15) is 4.98 Å². The molecule has 1 N–H and O–H groups in total. The zero-order valence-corrected chi connectivity index (χ0v) is 10.8. The summed E-state index contributed by atoms with van der Waals surface area (Å²) in [5.41, 5.74) is 1.57. The molecule has 0 fully saturated rings. The average molecular weight is 263 g/mol. The van der Waals surface area contributed by atoms with E-state index in [-0.39, 0.29) is 5.69 Å². The summed E-state index contributed by atoms with van der Waals surface area (Å²) in [5.74, 6) is 1.08. The van der Waals surface area contributed by atoms with Crippen LogP contribution >= 0.6 is 0 Å². The SMILES string of the molecule is O=c1nc(-c2ccccc2)nc(Cc2ccccc2)[nH]1. The standard InChI is InChI=1S/C16H13N3O/c20-16-18-14(11-12-7-3-1-4-8-12)17-15(19-16)13-9-5-2-6-10-13/h1-10H,11H2,(H,17,18,19,20). The fourth-order valence-corrected chi connectivity index (χ4v) is 2.02. The van der Waals surface area contributed by atoms with Gasteiger partial charge in [-0.05, 0) is 5.56 Å². The van der Waals surface area contributed by atoms with Crippen LogP contribution in [-0.2, 0) is 6.42 Å². The lowest BCUT2D eigenvalue weighted by molar-refractivity contribution is 0.890.